The highest BCUT2D eigenvalue weighted by molar-refractivity contribution is 9.10. The maximum absolute atomic E-state index is 8.97. The Bertz CT molecular complexity index is 277. The average molecular weight is 259 g/mol. The molecule has 0 radical (unpaired) electrons. The third kappa shape index (κ3) is 3.74. The van der Waals surface area contributed by atoms with Gasteiger partial charge in [0.25, 0.3) is 0 Å². The minimum absolute atomic E-state index is 0.163. The Hall–Kier alpha value is -0.450. The first kappa shape index (κ1) is 11.6. The van der Waals surface area contributed by atoms with Crippen LogP contribution in [0.3, 0.4) is 0 Å². The fourth-order valence-corrected chi connectivity index (χ4v) is 1.52. The molecule has 0 unspecified atom stereocenters. The first-order chi connectivity index (χ1) is 6.76. The van der Waals surface area contributed by atoms with Crippen molar-refractivity contribution in [2.24, 2.45) is 0 Å². The number of nitrogens with zero attached hydrogens (tertiary/aromatic N) is 1. The van der Waals surface area contributed by atoms with E-state index in [1.807, 2.05) is 25.1 Å². The van der Waals surface area contributed by atoms with Gasteiger partial charge < -0.3 is 10.4 Å². The molecule has 4 heteroatoms. The molecular formula is C10H15BrN2O. The molecule has 1 rings (SSSR count). The number of aliphatic hydroxyl groups is 1. The second-order valence-electron chi connectivity index (χ2n) is 3.12. The molecule has 0 saturated carbocycles. The first-order valence-corrected chi connectivity index (χ1v) is 5.51. The number of aromatic nitrogens is 1. The monoisotopic (exact) mass is 258 g/mol. The Morgan fingerprint density at radius 2 is 2.36 bits per heavy atom. The van der Waals surface area contributed by atoms with Crippen LogP contribution in [0.15, 0.2) is 22.8 Å². The van der Waals surface area contributed by atoms with Crippen LogP contribution in [0.5, 0.6) is 0 Å². The van der Waals surface area contributed by atoms with Gasteiger partial charge in [0, 0.05) is 12.6 Å². The average Bonchev–Trinajstić information content (AvgIpc) is 2.19. The summed E-state index contributed by atoms with van der Waals surface area (Å²) in [4.78, 5) is 4.29. The summed E-state index contributed by atoms with van der Waals surface area (Å²) in [7, 11) is 0. The maximum Gasteiger partial charge on any atom is 0.106 e. The molecule has 78 valence electrons. The van der Waals surface area contributed by atoms with Gasteiger partial charge >= 0.3 is 0 Å². The van der Waals surface area contributed by atoms with Crippen molar-refractivity contribution >= 4 is 15.9 Å². The van der Waals surface area contributed by atoms with Crippen LogP contribution < -0.4 is 5.32 Å². The van der Waals surface area contributed by atoms with Crippen molar-refractivity contribution < 1.29 is 5.11 Å². The van der Waals surface area contributed by atoms with Crippen molar-refractivity contribution in [3.8, 4) is 0 Å². The third-order valence-corrected chi connectivity index (χ3v) is 2.50. The molecule has 0 aromatic carbocycles. The molecule has 0 bridgehead atoms. The van der Waals surface area contributed by atoms with Crippen LogP contribution in [0.4, 0.5) is 0 Å². The Morgan fingerprint density at radius 3 is 2.93 bits per heavy atom. The van der Waals surface area contributed by atoms with E-state index in [2.05, 4.69) is 26.2 Å². The minimum Gasteiger partial charge on any atom is -0.395 e. The van der Waals surface area contributed by atoms with Gasteiger partial charge in [-0.3, -0.25) is 0 Å². The standard InChI is InChI=1S/C10H15BrN2O/c1-2-8(7-14)12-6-9-4-3-5-10(11)13-9/h3-5,8,12,14H,2,6-7H2,1H3/t8-/m0/s1. The lowest BCUT2D eigenvalue weighted by Crippen LogP contribution is -2.31. The van der Waals surface area contributed by atoms with Crippen molar-refractivity contribution in [1.82, 2.24) is 10.3 Å². The van der Waals surface area contributed by atoms with Crippen LogP contribution in [0.1, 0.15) is 19.0 Å². The van der Waals surface area contributed by atoms with Crippen molar-refractivity contribution in [3.63, 3.8) is 0 Å². The van der Waals surface area contributed by atoms with Gasteiger partial charge in [-0.15, -0.1) is 0 Å². The zero-order valence-corrected chi connectivity index (χ0v) is 9.79. The number of hydrogen-bond acceptors (Lipinski definition) is 3. The van der Waals surface area contributed by atoms with Crippen LogP contribution >= 0.6 is 15.9 Å². The molecule has 0 aliphatic carbocycles. The van der Waals surface area contributed by atoms with Gasteiger partial charge in [0.15, 0.2) is 0 Å². The molecule has 3 nitrogen and oxygen atoms in total. The summed E-state index contributed by atoms with van der Waals surface area (Å²) in [5, 5.41) is 12.2. The SMILES string of the molecule is CC[C@@H](CO)NCc1cccc(Br)n1. The molecule has 0 aliphatic rings. The van der Waals surface area contributed by atoms with Gasteiger partial charge in [0.05, 0.1) is 12.3 Å². The molecule has 0 amide bonds. The van der Waals surface area contributed by atoms with E-state index in [0.717, 1.165) is 16.7 Å². The lowest BCUT2D eigenvalue weighted by atomic mass is 10.2. The summed E-state index contributed by atoms with van der Waals surface area (Å²) in [6.07, 6.45) is 0.921. The van der Waals surface area contributed by atoms with E-state index >= 15 is 0 Å². The third-order valence-electron chi connectivity index (χ3n) is 2.06. The summed E-state index contributed by atoms with van der Waals surface area (Å²) in [6, 6.07) is 5.97. The van der Waals surface area contributed by atoms with E-state index < -0.39 is 0 Å². The van der Waals surface area contributed by atoms with Crippen molar-refractivity contribution in [2.75, 3.05) is 6.61 Å². The number of hydrogen-bond donors (Lipinski definition) is 2. The summed E-state index contributed by atoms with van der Waals surface area (Å²) >= 11 is 3.32. The zero-order chi connectivity index (χ0) is 10.4. The van der Waals surface area contributed by atoms with E-state index in [0.29, 0.717) is 6.54 Å². The number of aliphatic hydroxyl groups excluding tert-OH is 1. The molecule has 1 aromatic rings. The van der Waals surface area contributed by atoms with Gasteiger partial charge in [-0.2, -0.15) is 0 Å². The van der Waals surface area contributed by atoms with Gasteiger partial charge in [0.2, 0.25) is 0 Å². The Kier molecular flexibility index (Phi) is 5.07. The van der Waals surface area contributed by atoms with E-state index in [9.17, 15) is 0 Å². The number of rotatable bonds is 5. The molecule has 1 atom stereocenters. The highest BCUT2D eigenvalue weighted by Crippen LogP contribution is 2.06. The number of halogens is 1. The Morgan fingerprint density at radius 1 is 1.57 bits per heavy atom. The molecule has 1 heterocycles. The maximum atomic E-state index is 8.97. The molecule has 2 N–H and O–H groups in total. The summed E-state index contributed by atoms with van der Waals surface area (Å²) < 4.78 is 0.842. The molecular weight excluding hydrogens is 244 g/mol. The second-order valence-corrected chi connectivity index (χ2v) is 3.93. The lowest BCUT2D eigenvalue weighted by Gasteiger charge is -2.13. The van der Waals surface area contributed by atoms with Gasteiger partial charge in [0.1, 0.15) is 4.60 Å². The van der Waals surface area contributed by atoms with Crippen LogP contribution in [0, 0.1) is 0 Å². The normalized spacial score (nSPS) is 12.8. The Labute approximate surface area is 92.7 Å². The summed E-state index contributed by atoms with van der Waals surface area (Å²) in [5.74, 6) is 0. The quantitative estimate of drug-likeness (QED) is 0.791. The Balaban J connectivity index is 2.44. The predicted molar refractivity (Wildman–Crippen MR) is 59.9 cm³/mol. The molecule has 0 spiro atoms. The van der Waals surface area contributed by atoms with E-state index in [1.54, 1.807) is 0 Å². The van der Waals surface area contributed by atoms with Crippen molar-refractivity contribution in [2.45, 2.75) is 25.9 Å². The van der Waals surface area contributed by atoms with Gasteiger partial charge in [-0.1, -0.05) is 13.0 Å². The fourth-order valence-electron chi connectivity index (χ4n) is 1.14. The highest BCUT2D eigenvalue weighted by Gasteiger charge is 2.03. The first-order valence-electron chi connectivity index (χ1n) is 4.72. The van der Waals surface area contributed by atoms with Crippen LogP contribution in [0.2, 0.25) is 0 Å². The van der Waals surface area contributed by atoms with Gasteiger partial charge in [-0.05, 0) is 34.5 Å². The van der Waals surface area contributed by atoms with E-state index in [1.165, 1.54) is 0 Å². The largest absolute Gasteiger partial charge is 0.395 e. The summed E-state index contributed by atoms with van der Waals surface area (Å²) in [5.41, 5.74) is 0.978. The topological polar surface area (TPSA) is 45.1 Å². The van der Waals surface area contributed by atoms with E-state index in [-0.39, 0.29) is 12.6 Å². The molecule has 0 saturated heterocycles. The predicted octanol–water partition coefficient (Wildman–Crippen LogP) is 1.70. The number of nitrogens with one attached hydrogen (secondary N) is 1. The van der Waals surface area contributed by atoms with Gasteiger partial charge in [-0.25, -0.2) is 4.98 Å². The zero-order valence-electron chi connectivity index (χ0n) is 8.20. The second kappa shape index (κ2) is 6.11. The minimum atomic E-state index is 0.163. The lowest BCUT2D eigenvalue weighted by molar-refractivity contribution is 0.238. The van der Waals surface area contributed by atoms with Crippen LogP contribution in [-0.2, 0) is 6.54 Å². The van der Waals surface area contributed by atoms with Crippen molar-refractivity contribution in [1.29, 1.82) is 0 Å². The highest BCUT2D eigenvalue weighted by atomic mass is 79.9. The van der Waals surface area contributed by atoms with E-state index in [4.69, 9.17) is 5.11 Å². The molecule has 1 aromatic heterocycles. The van der Waals surface area contributed by atoms with Crippen LogP contribution in [-0.4, -0.2) is 22.7 Å². The number of pyridine rings is 1. The van der Waals surface area contributed by atoms with Crippen LogP contribution in [0.25, 0.3) is 0 Å². The summed E-state index contributed by atoms with van der Waals surface area (Å²) in [6.45, 7) is 2.91. The smallest absolute Gasteiger partial charge is 0.106 e. The van der Waals surface area contributed by atoms with Crippen molar-refractivity contribution in [3.05, 3.63) is 28.5 Å². The fraction of sp³-hybridized carbons (Fsp3) is 0.500. The molecule has 0 fully saturated rings. The molecule has 0 aliphatic heterocycles. The molecule has 14 heavy (non-hydrogen) atoms.